The number of nitrogens with zero attached hydrogens (tertiary/aromatic N) is 2. The van der Waals surface area contributed by atoms with Crippen LogP contribution in [0.5, 0.6) is 0 Å². The lowest BCUT2D eigenvalue weighted by molar-refractivity contribution is -0.130. The summed E-state index contributed by atoms with van der Waals surface area (Å²) in [6.07, 6.45) is 1.70. The van der Waals surface area contributed by atoms with Crippen LogP contribution >= 0.6 is 0 Å². The van der Waals surface area contributed by atoms with Crippen LogP contribution in [0.15, 0.2) is 18.3 Å². The SMILES string of the molecule is Cc1ccnc(NCCNC(=O)CN2C(=O)CNC2=O)c1. The Labute approximate surface area is 121 Å². The molecule has 4 amide bonds. The second-order valence-corrected chi connectivity index (χ2v) is 4.63. The van der Waals surface area contributed by atoms with Crippen molar-refractivity contribution in [2.24, 2.45) is 0 Å². The molecule has 2 heterocycles. The smallest absolute Gasteiger partial charge is 0.325 e. The molecule has 8 heteroatoms. The van der Waals surface area contributed by atoms with Crippen LogP contribution in [0.1, 0.15) is 5.56 Å². The van der Waals surface area contributed by atoms with Gasteiger partial charge in [-0.25, -0.2) is 9.78 Å². The number of aryl methyl sites for hydroxylation is 1. The Morgan fingerprint density at radius 2 is 2.24 bits per heavy atom. The molecule has 21 heavy (non-hydrogen) atoms. The molecule has 0 bridgehead atoms. The molecule has 1 fully saturated rings. The first-order valence-electron chi connectivity index (χ1n) is 6.57. The summed E-state index contributed by atoms with van der Waals surface area (Å²) in [5, 5.41) is 8.05. The second-order valence-electron chi connectivity index (χ2n) is 4.63. The van der Waals surface area contributed by atoms with Crippen LogP contribution in [0.2, 0.25) is 0 Å². The molecule has 0 aromatic carbocycles. The van der Waals surface area contributed by atoms with E-state index in [0.29, 0.717) is 13.1 Å². The van der Waals surface area contributed by atoms with Crippen molar-refractivity contribution in [1.82, 2.24) is 20.5 Å². The number of anilines is 1. The van der Waals surface area contributed by atoms with E-state index in [4.69, 9.17) is 0 Å². The van der Waals surface area contributed by atoms with E-state index >= 15 is 0 Å². The standard InChI is InChI=1S/C13H17N5O3/c1-9-2-3-14-10(6-9)15-4-5-16-11(19)8-18-12(20)7-17-13(18)21/h2-3,6H,4-5,7-8H2,1H3,(H,14,15)(H,16,19)(H,17,21). The number of carbonyl (C=O) groups excluding carboxylic acids is 3. The highest BCUT2D eigenvalue weighted by molar-refractivity contribution is 6.04. The van der Waals surface area contributed by atoms with Crippen LogP contribution in [-0.4, -0.2) is 53.9 Å². The molecule has 1 aromatic heterocycles. The molecule has 112 valence electrons. The Hall–Kier alpha value is -2.64. The minimum absolute atomic E-state index is 0.0489. The molecule has 0 spiro atoms. The molecule has 8 nitrogen and oxygen atoms in total. The van der Waals surface area contributed by atoms with Crippen molar-refractivity contribution >= 4 is 23.7 Å². The summed E-state index contributed by atoms with van der Waals surface area (Å²) in [5.74, 6) is -0.0324. The number of amides is 4. The van der Waals surface area contributed by atoms with E-state index in [1.165, 1.54) is 0 Å². The van der Waals surface area contributed by atoms with Crippen LogP contribution in [0.4, 0.5) is 10.6 Å². The van der Waals surface area contributed by atoms with Gasteiger partial charge in [-0.3, -0.25) is 14.5 Å². The molecular weight excluding hydrogens is 274 g/mol. The maximum Gasteiger partial charge on any atom is 0.325 e. The summed E-state index contributed by atoms with van der Waals surface area (Å²) in [7, 11) is 0. The lowest BCUT2D eigenvalue weighted by atomic mass is 10.3. The Morgan fingerprint density at radius 1 is 1.43 bits per heavy atom. The van der Waals surface area contributed by atoms with Crippen molar-refractivity contribution in [2.75, 3.05) is 31.5 Å². The number of imide groups is 1. The highest BCUT2D eigenvalue weighted by atomic mass is 16.2. The van der Waals surface area contributed by atoms with E-state index in [9.17, 15) is 14.4 Å². The highest BCUT2D eigenvalue weighted by Crippen LogP contribution is 2.04. The van der Waals surface area contributed by atoms with Crippen LogP contribution in [0, 0.1) is 6.92 Å². The minimum atomic E-state index is -0.530. The van der Waals surface area contributed by atoms with Gasteiger partial charge in [0.2, 0.25) is 5.91 Å². The van der Waals surface area contributed by atoms with E-state index in [0.717, 1.165) is 16.3 Å². The lowest BCUT2D eigenvalue weighted by Crippen LogP contribution is -2.42. The first-order chi connectivity index (χ1) is 10.1. The minimum Gasteiger partial charge on any atom is -0.368 e. The number of carbonyl (C=O) groups is 3. The monoisotopic (exact) mass is 291 g/mol. The molecule has 1 aliphatic heterocycles. The average molecular weight is 291 g/mol. The maximum atomic E-state index is 11.6. The Morgan fingerprint density at radius 3 is 2.90 bits per heavy atom. The zero-order chi connectivity index (χ0) is 15.2. The number of aromatic nitrogens is 1. The summed E-state index contributed by atoms with van der Waals surface area (Å²) in [6.45, 7) is 2.53. The van der Waals surface area contributed by atoms with Gasteiger partial charge in [0, 0.05) is 19.3 Å². The van der Waals surface area contributed by atoms with Crippen molar-refractivity contribution in [1.29, 1.82) is 0 Å². The van der Waals surface area contributed by atoms with Gasteiger partial charge in [-0.05, 0) is 24.6 Å². The fourth-order valence-electron chi connectivity index (χ4n) is 1.84. The summed E-state index contributed by atoms with van der Waals surface area (Å²) in [6, 6.07) is 3.26. The van der Waals surface area contributed by atoms with Gasteiger partial charge in [0.05, 0.1) is 6.54 Å². The molecule has 0 saturated carbocycles. The van der Waals surface area contributed by atoms with E-state index < -0.39 is 11.9 Å². The van der Waals surface area contributed by atoms with Crippen molar-refractivity contribution in [2.45, 2.75) is 6.92 Å². The molecule has 1 saturated heterocycles. The van der Waals surface area contributed by atoms with Gasteiger partial charge < -0.3 is 16.0 Å². The van der Waals surface area contributed by atoms with Crippen LogP contribution in [-0.2, 0) is 9.59 Å². The number of rotatable bonds is 6. The number of hydrogen-bond acceptors (Lipinski definition) is 5. The fourth-order valence-corrected chi connectivity index (χ4v) is 1.84. The molecule has 0 unspecified atom stereocenters. The zero-order valence-corrected chi connectivity index (χ0v) is 11.7. The maximum absolute atomic E-state index is 11.6. The van der Waals surface area contributed by atoms with E-state index in [1.54, 1.807) is 6.20 Å². The van der Waals surface area contributed by atoms with E-state index in [-0.39, 0.29) is 19.0 Å². The normalized spacial score (nSPS) is 14.0. The average Bonchev–Trinajstić information content (AvgIpc) is 2.76. The number of hydrogen-bond donors (Lipinski definition) is 3. The Kier molecular flexibility index (Phi) is 4.70. The first kappa shape index (κ1) is 14.8. The summed E-state index contributed by atoms with van der Waals surface area (Å²) in [4.78, 5) is 39.2. The molecule has 0 radical (unpaired) electrons. The predicted molar refractivity (Wildman–Crippen MR) is 75.6 cm³/mol. The highest BCUT2D eigenvalue weighted by Gasteiger charge is 2.29. The van der Waals surface area contributed by atoms with Crippen molar-refractivity contribution < 1.29 is 14.4 Å². The van der Waals surface area contributed by atoms with Crippen molar-refractivity contribution in [3.63, 3.8) is 0 Å². The zero-order valence-electron chi connectivity index (χ0n) is 11.7. The predicted octanol–water partition coefficient (Wildman–Crippen LogP) is -0.530. The third-order valence-corrected chi connectivity index (χ3v) is 2.91. The Balaban J connectivity index is 1.68. The van der Waals surface area contributed by atoms with Gasteiger partial charge in [0.15, 0.2) is 0 Å². The molecular formula is C13H17N5O3. The molecule has 0 aliphatic carbocycles. The summed E-state index contributed by atoms with van der Waals surface area (Å²) in [5.41, 5.74) is 1.09. The number of pyridine rings is 1. The van der Waals surface area contributed by atoms with Crippen LogP contribution < -0.4 is 16.0 Å². The van der Waals surface area contributed by atoms with Gasteiger partial charge in [-0.2, -0.15) is 0 Å². The van der Waals surface area contributed by atoms with E-state index in [1.807, 2.05) is 19.1 Å². The molecule has 0 atom stereocenters. The number of urea groups is 1. The quantitative estimate of drug-likeness (QED) is 0.483. The molecule has 3 N–H and O–H groups in total. The van der Waals surface area contributed by atoms with Gasteiger partial charge in [0.1, 0.15) is 12.4 Å². The topological polar surface area (TPSA) is 103 Å². The third kappa shape index (κ3) is 4.16. The molecule has 2 rings (SSSR count). The summed E-state index contributed by atoms with van der Waals surface area (Å²) >= 11 is 0. The van der Waals surface area contributed by atoms with Crippen molar-refractivity contribution in [3.8, 4) is 0 Å². The van der Waals surface area contributed by atoms with Gasteiger partial charge in [-0.1, -0.05) is 0 Å². The molecule has 1 aromatic rings. The van der Waals surface area contributed by atoms with Gasteiger partial charge >= 0.3 is 6.03 Å². The van der Waals surface area contributed by atoms with Gasteiger partial charge in [-0.15, -0.1) is 0 Å². The van der Waals surface area contributed by atoms with Gasteiger partial charge in [0.25, 0.3) is 5.91 Å². The third-order valence-electron chi connectivity index (χ3n) is 2.91. The van der Waals surface area contributed by atoms with Crippen molar-refractivity contribution in [3.05, 3.63) is 23.9 Å². The largest absolute Gasteiger partial charge is 0.368 e. The Bertz CT molecular complexity index is 544. The summed E-state index contributed by atoms with van der Waals surface area (Å²) < 4.78 is 0. The lowest BCUT2D eigenvalue weighted by Gasteiger charge is -2.12. The van der Waals surface area contributed by atoms with E-state index in [2.05, 4.69) is 20.9 Å². The van der Waals surface area contributed by atoms with Crippen LogP contribution in [0.25, 0.3) is 0 Å². The second kappa shape index (κ2) is 6.69. The number of nitrogens with one attached hydrogen (secondary N) is 3. The molecule has 1 aliphatic rings. The van der Waals surface area contributed by atoms with Crippen LogP contribution in [0.3, 0.4) is 0 Å². The fraction of sp³-hybridized carbons (Fsp3) is 0.385. The first-order valence-corrected chi connectivity index (χ1v) is 6.57.